The first-order valence-corrected chi connectivity index (χ1v) is 6.92. The summed E-state index contributed by atoms with van der Waals surface area (Å²) >= 11 is 1.31. The Bertz CT molecular complexity index is 673. The van der Waals surface area contributed by atoms with Crippen LogP contribution in [0.15, 0.2) is 23.7 Å². The molecule has 1 aromatic carbocycles. The zero-order valence-corrected chi connectivity index (χ0v) is 12.0. The van der Waals surface area contributed by atoms with Crippen LogP contribution in [0.2, 0.25) is 0 Å². The highest BCUT2D eigenvalue weighted by molar-refractivity contribution is 7.14. The third-order valence-electron chi connectivity index (χ3n) is 2.65. The summed E-state index contributed by atoms with van der Waals surface area (Å²) in [5, 5.41) is 12.7. The number of hydrogen-bond acceptors (Lipinski definition) is 6. The molecule has 0 aliphatic carbocycles. The average molecular weight is 287 g/mol. The number of nitrogens with one attached hydrogen (secondary N) is 1. The molecule has 1 aromatic heterocycles. The fourth-order valence-electron chi connectivity index (χ4n) is 1.63. The highest BCUT2D eigenvalue weighted by Crippen LogP contribution is 2.28. The highest BCUT2D eigenvalue weighted by atomic mass is 32.1. The zero-order chi connectivity index (χ0) is 14.5. The van der Waals surface area contributed by atoms with Crippen molar-refractivity contribution >= 4 is 28.0 Å². The van der Waals surface area contributed by atoms with Gasteiger partial charge in [0.1, 0.15) is 5.00 Å². The van der Waals surface area contributed by atoms with E-state index in [0.29, 0.717) is 17.2 Å². The second-order valence-corrected chi connectivity index (χ2v) is 4.87. The number of nitrogens with zero attached hydrogens (tertiary/aromatic N) is 2. The van der Waals surface area contributed by atoms with Gasteiger partial charge < -0.3 is 10.1 Å². The molecule has 0 radical (unpaired) electrons. The smallest absolute Gasteiger partial charge is 0.360 e. The molecular formula is C14H13N3O2S. The molecule has 0 spiro atoms. The first-order chi connectivity index (χ1) is 9.65. The second kappa shape index (κ2) is 6.17. The van der Waals surface area contributed by atoms with Crippen LogP contribution in [-0.4, -0.2) is 17.6 Å². The molecule has 2 aromatic rings. The van der Waals surface area contributed by atoms with E-state index >= 15 is 0 Å². The first kappa shape index (κ1) is 14.0. The molecule has 1 N–H and O–H groups in total. The Morgan fingerprint density at radius 3 is 3.05 bits per heavy atom. The van der Waals surface area contributed by atoms with Crippen molar-refractivity contribution in [3.05, 3.63) is 40.5 Å². The van der Waals surface area contributed by atoms with Gasteiger partial charge in [0, 0.05) is 5.69 Å². The Labute approximate surface area is 120 Å². The van der Waals surface area contributed by atoms with Crippen molar-refractivity contribution < 1.29 is 9.53 Å². The van der Waals surface area contributed by atoms with Crippen molar-refractivity contribution in [2.45, 2.75) is 13.8 Å². The van der Waals surface area contributed by atoms with Crippen LogP contribution >= 0.6 is 11.3 Å². The van der Waals surface area contributed by atoms with Gasteiger partial charge in [0.2, 0.25) is 0 Å². The third kappa shape index (κ3) is 2.95. The largest absolute Gasteiger partial charge is 0.461 e. The molecule has 102 valence electrons. The number of hydrogen-bond donors (Lipinski definition) is 1. The van der Waals surface area contributed by atoms with Crippen LogP contribution in [0.25, 0.3) is 0 Å². The van der Waals surface area contributed by atoms with E-state index < -0.39 is 5.97 Å². The number of thiazole rings is 1. The van der Waals surface area contributed by atoms with Crippen molar-refractivity contribution in [2.24, 2.45) is 0 Å². The van der Waals surface area contributed by atoms with E-state index in [4.69, 9.17) is 10.00 Å². The summed E-state index contributed by atoms with van der Waals surface area (Å²) < 4.78 is 4.95. The number of nitriles is 1. The number of anilines is 2. The number of carbonyl (C=O) groups excluding carboxylic acids is 1. The number of ether oxygens (including phenoxy) is 1. The molecule has 0 fully saturated rings. The van der Waals surface area contributed by atoms with E-state index in [1.807, 2.05) is 13.0 Å². The fourth-order valence-corrected chi connectivity index (χ4v) is 2.31. The van der Waals surface area contributed by atoms with Crippen molar-refractivity contribution in [1.29, 1.82) is 5.26 Å². The van der Waals surface area contributed by atoms with E-state index in [-0.39, 0.29) is 5.69 Å². The van der Waals surface area contributed by atoms with Crippen molar-refractivity contribution in [3.63, 3.8) is 0 Å². The van der Waals surface area contributed by atoms with Gasteiger partial charge in [-0.25, -0.2) is 9.78 Å². The molecule has 1 heterocycles. The maximum atomic E-state index is 11.8. The molecule has 0 bridgehead atoms. The molecule has 5 nitrogen and oxygen atoms in total. The normalized spacial score (nSPS) is 9.85. The maximum Gasteiger partial charge on any atom is 0.360 e. The van der Waals surface area contributed by atoms with E-state index in [1.165, 1.54) is 11.3 Å². The molecule has 0 atom stereocenters. The van der Waals surface area contributed by atoms with Gasteiger partial charge in [-0.05, 0) is 31.5 Å². The van der Waals surface area contributed by atoms with E-state index in [1.54, 1.807) is 24.6 Å². The summed E-state index contributed by atoms with van der Waals surface area (Å²) in [5.41, 5.74) is 4.16. The van der Waals surface area contributed by atoms with Crippen LogP contribution in [-0.2, 0) is 4.74 Å². The monoisotopic (exact) mass is 287 g/mol. The molecule has 0 aliphatic heterocycles. The van der Waals surface area contributed by atoms with Gasteiger partial charge in [0.25, 0.3) is 0 Å². The van der Waals surface area contributed by atoms with Crippen LogP contribution in [0.1, 0.15) is 28.5 Å². The maximum absolute atomic E-state index is 11.8. The zero-order valence-electron chi connectivity index (χ0n) is 11.1. The van der Waals surface area contributed by atoms with E-state index in [2.05, 4.69) is 16.4 Å². The van der Waals surface area contributed by atoms with Gasteiger partial charge in [0.05, 0.1) is 23.8 Å². The molecule has 2 rings (SSSR count). The predicted octanol–water partition coefficient (Wildman–Crippen LogP) is 3.24. The SMILES string of the molecule is CCOC(=O)c1ncsc1Nc1cc(C#N)ccc1C. The molecule has 0 saturated heterocycles. The first-order valence-electron chi connectivity index (χ1n) is 6.04. The summed E-state index contributed by atoms with van der Waals surface area (Å²) in [7, 11) is 0. The van der Waals surface area contributed by atoms with Crippen molar-refractivity contribution in [2.75, 3.05) is 11.9 Å². The molecule has 0 amide bonds. The van der Waals surface area contributed by atoms with Gasteiger partial charge >= 0.3 is 5.97 Å². The van der Waals surface area contributed by atoms with Crippen LogP contribution in [0.4, 0.5) is 10.7 Å². The number of aromatic nitrogens is 1. The van der Waals surface area contributed by atoms with Gasteiger partial charge in [-0.1, -0.05) is 6.07 Å². The highest BCUT2D eigenvalue weighted by Gasteiger charge is 2.16. The molecule has 6 heteroatoms. The lowest BCUT2D eigenvalue weighted by molar-refractivity contribution is 0.0521. The quantitative estimate of drug-likeness (QED) is 0.874. The Balaban J connectivity index is 2.29. The van der Waals surface area contributed by atoms with Crippen LogP contribution < -0.4 is 5.32 Å². The van der Waals surface area contributed by atoms with E-state index in [0.717, 1.165) is 11.3 Å². The Hall–Kier alpha value is -2.39. The van der Waals surface area contributed by atoms with E-state index in [9.17, 15) is 4.79 Å². The Morgan fingerprint density at radius 2 is 2.35 bits per heavy atom. The van der Waals surface area contributed by atoms with Crippen LogP contribution in [0.5, 0.6) is 0 Å². The lowest BCUT2D eigenvalue weighted by atomic mass is 10.1. The molecule has 20 heavy (non-hydrogen) atoms. The Kier molecular flexibility index (Phi) is 4.33. The average Bonchev–Trinajstić information content (AvgIpc) is 2.90. The van der Waals surface area contributed by atoms with Crippen LogP contribution in [0.3, 0.4) is 0 Å². The predicted molar refractivity (Wildman–Crippen MR) is 77.2 cm³/mol. The lowest BCUT2D eigenvalue weighted by Crippen LogP contribution is -2.07. The standard InChI is InChI=1S/C14H13N3O2S/c1-3-19-14(18)12-13(20-8-16-12)17-11-6-10(7-15)5-4-9(11)2/h4-6,8,17H,3H2,1-2H3. The topological polar surface area (TPSA) is 75.0 Å². The summed E-state index contributed by atoms with van der Waals surface area (Å²) in [6, 6.07) is 7.43. The minimum atomic E-state index is -0.453. The minimum Gasteiger partial charge on any atom is -0.461 e. The number of rotatable bonds is 4. The minimum absolute atomic E-state index is 0.263. The fraction of sp³-hybridized carbons (Fsp3) is 0.214. The van der Waals surface area contributed by atoms with Crippen molar-refractivity contribution in [3.8, 4) is 6.07 Å². The van der Waals surface area contributed by atoms with Gasteiger partial charge in [-0.15, -0.1) is 11.3 Å². The molecule has 0 aliphatic rings. The number of carbonyl (C=O) groups is 1. The third-order valence-corrected chi connectivity index (χ3v) is 3.39. The summed E-state index contributed by atoms with van der Waals surface area (Å²) in [6.07, 6.45) is 0. The summed E-state index contributed by atoms with van der Waals surface area (Å²) in [6.45, 7) is 3.98. The number of esters is 1. The Morgan fingerprint density at radius 1 is 1.55 bits per heavy atom. The number of benzene rings is 1. The molecular weight excluding hydrogens is 274 g/mol. The summed E-state index contributed by atoms with van der Waals surface area (Å²) in [5.74, 6) is -0.453. The lowest BCUT2D eigenvalue weighted by Gasteiger charge is -2.09. The molecule has 0 unspecified atom stereocenters. The van der Waals surface area contributed by atoms with Gasteiger partial charge in [-0.2, -0.15) is 5.26 Å². The second-order valence-electron chi connectivity index (χ2n) is 4.02. The number of aryl methyl sites for hydroxylation is 1. The summed E-state index contributed by atoms with van der Waals surface area (Å²) in [4.78, 5) is 15.8. The van der Waals surface area contributed by atoms with Gasteiger partial charge in [-0.3, -0.25) is 0 Å². The van der Waals surface area contributed by atoms with Crippen molar-refractivity contribution in [1.82, 2.24) is 4.98 Å². The van der Waals surface area contributed by atoms with Crippen LogP contribution in [0, 0.1) is 18.3 Å². The molecule has 0 saturated carbocycles. The van der Waals surface area contributed by atoms with Gasteiger partial charge in [0.15, 0.2) is 5.69 Å².